The summed E-state index contributed by atoms with van der Waals surface area (Å²) in [5, 5.41) is 8.34. The zero-order chi connectivity index (χ0) is 18.0. The van der Waals surface area contributed by atoms with Gasteiger partial charge in [-0.25, -0.2) is 4.79 Å². The van der Waals surface area contributed by atoms with E-state index in [9.17, 15) is 4.79 Å². The van der Waals surface area contributed by atoms with Crippen LogP contribution in [0.5, 0.6) is 0 Å². The Bertz CT molecular complexity index is 913. The highest BCUT2D eigenvalue weighted by molar-refractivity contribution is 6.37. The summed E-state index contributed by atoms with van der Waals surface area (Å²) in [6.07, 6.45) is -0.769. The van der Waals surface area contributed by atoms with Crippen molar-refractivity contribution < 1.29 is 13.9 Å². The van der Waals surface area contributed by atoms with Gasteiger partial charge in [-0.15, -0.1) is 10.2 Å². The molecule has 0 spiro atoms. The van der Waals surface area contributed by atoms with Crippen molar-refractivity contribution in [2.75, 3.05) is 5.73 Å². The van der Waals surface area contributed by atoms with Gasteiger partial charge in [0.05, 0.1) is 16.3 Å². The van der Waals surface area contributed by atoms with Crippen molar-refractivity contribution in [3.8, 4) is 11.5 Å². The number of halogens is 2. The normalized spacial score (nSPS) is 12.0. The molecule has 0 aliphatic carbocycles. The summed E-state index contributed by atoms with van der Waals surface area (Å²) in [5.74, 6) is -0.184. The number of rotatable bonds is 4. The maximum atomic E-state index is 12.3. The third kappa shape index (κ3) is 3.75. The van der Waals surface area contributed by atoms with E-state index in [-0.39, 0.29) is 27.2 Å². The van der Waals surface area contributed by atoms with Gasteiger partial charge in [-0.3, -0.25) is 0 Å². The number of ether oxygens (including phenoxy) is 1. The number of hydrogen-bond donors (Lipinski definition) is 1. The van der Waals surface area contributed by atoms with Crippen LogP contribution in [-0.2, 0) is 4.74 Å². The lowest BCUT2D eigenvalue weighted by atomic mass is 10.2. The molecule has 1 heterocycles. The van der Waals surface area contributed by atoms with Crippen LogP contribution >= 0.6 is 23.2 Å². The summed E-state index contributed by atoms with van der Waals surface area (Å²) in [4.78, 5) is 12.3. The molecule has 0 saturated carbocycles. The molecule has 8 heteroatoms. The van der Waals surface area contributed by atoms with Gasteiger partial charge in [0.2, 0.25) is 5.89 Å². The summed E-state index contributed by atoms with van der Waals surface area (Å²) < 4.78 is 10.9. The van der Waals surface area contributed by atoms with Crippen LogP contribution in [0.25, 0.3) is 11.5 Å². The quantitative estimate of drug-likeness (QED) is 0.529. The summed E-state index contributed by atoms with van der Waals surface area (Å²) in [7, 11) is 0. The number of esters is 1. The fourth-order valence-electron chi connectivity index (χ4n) is 2.12. The number of nitrogen functional groups attached to an aromatic ring is 1. The lowest BCUT2D eigenvalue weighted by molar-refractivity contribution is 0.0281. The van der Waals surface area contributed by atoms with Crippen molar-refractivity contribution in [3.05, 3.63) is 64.0 Å². The highest BCUT2D eigenvalue weighted by Gasteiger charge is 2.22. The molecule has 1 atom stereocenters. The highest BCUT2D eigenvalue weighted by Crippen LogP contribution is 2.29. The Morgan fingerprint density at radius 2 is 1.92 bits per heavy atom. The number of benzene rings is 2. The lowest BCUT2D eigenvalue weighted by Gasteiger charge is -2.12. The average Bonchev–Trinajstić information content (AvgIpc) is 3.09. The molecule has 0 radical (unpaired) electrons. The van der Waals surface area contributed by atoms with E-state index in [1.165, 1.54) is 12.1 Å². The molecule has 25 heavy (non-hydrogen) atoms. The summed E-state index contributed by atoms with van der Waals surface area (Å²) in [6, 6.07) is 12.1. The second-order valence-electron chi connectivity index (χ2n) is 5.21. The predicted octanol–water partition coefficient (Wildman–Crippen LogP) is 4.54. The van der Waals surface area contributed by atoms with Crippen molar-refractivity contribution in [2.45, 2.75) is 13.0 Å². The number of nitrogens with two attached hydrogens (primary N) is 1. The smallest absolute Gasteiger partial charge is 0.341 e. The number of aromatic nitrogens is 2. The molecule has 1 aromatic heterocycles. The Kier molecular flexibility index (Phi) is 4.92. The minimum absolute atomic E-state index is 0.0761. The van der Waals surface area contributed by atoms with Crippen LogP contribution in [-0.4, -0.2) is 16.2 Å². The zero-order valence-corrected chi connectivity index (χ0v) is 14.6. The first kappa shape index (κ1) is 17.3. The largest absolute Gasteiger partial charge is 0.449 e. The van der Waals surface area contributed by atoms with E-state index in [2.05, 4.69) is 10.2 Å². The molecule has 2 N–H and O–H groups in total. The van der Waals surface area contributed by atoms with Crippen LogP contribution in [0, 0.1) is 0 Å². The van der Waals surface area contributed by atoms with E-state index in [0.29, 0.717) is 5.89 Å². The molecule has 0 bridgehead atoms. The molecule has 0 unspecified atom stereocenters. The van der Waals surface area contributed by atoms with Crippen LogP contribution in [0.4, 0.5) is 5.69 Å². The Morgan fingerprint density at radius 1 is 1.20 bits per heavy atom. The van der Waals surface area contributed by atoms with Gasteiger partial charge in [0.15, 0.2) is 6.10 Å². The number of carbonyl (C=O) groups is 1. The monoisotopic (exact) mass is 377 g/mol. The van der Waals surface area contributed by atoms with E-state index < -0.39 is 12.1 Å². The summed E-state index contributed by atoms with van der Waals surface area (Å²) in [5.41, 5.74) is 6.75. The Balaban J connectivity index is 1.78. The molecule has 0 fully saturated rings. The van der Waals surface area contributed by atoms with E-state index in [1.807, 2.05) is 30.3 Å². The summed E-state index contributed by atoms with van der Waals surface area (Å²) >= 11 is 11.8. The van der Waals surface area contributed by atoms with Crippen molar-refractivity contribution in [1.82, 2.24) is 10.2 Å². The topological polar surface area (TPSA) is 91.2 Å². The Morgan fingerprint density at radius 3 is 2.64 bits per heavy atom. The van der Waals surface area contributed by atoms with Gasteiger partial charge < -0.3 is 14.9 Å². The number of carbonyl (C=O) groups excluding carboxylic acids is 1. The third-order valence-electron chi connectivity index (χ3n) is 3.41. The van der Waals surface area contributed by atoms with Crippen LogP contribution in [0.2, 0.25) is 10.0 Å². The van der Waals surface area contributed by atoms with Gasteiger partial charge in [0.1, 0.15) is 0 Å². The minimum Gasteiger partial charge on any atom is -0.449 e. The maximum absolute atomic E-state index is 12.3. The number of nitrogens with zero attached hydrogens (tertiary/aromatic N) is 2. The van der Waals surface area contributed by atoms with E-state index in [4.69, 9.17) is 38.1 Å². The van der Waals surface area contributed by atoms with Gasteiger partial charge in [-0.2, -0.15) is 0 Å². The van der Waals surface area contributed by atoms with Gasteiger partial charge in [-0.1, -0.05) is 41.4 Å². The number of anilines is 1. The van der Waals surface area contributed by atoms with Gasteiger partial charge in [-0.05, 0) is 31.2 Å². The molecule has 2 aromatic carbocycles. The minimum atomic E-state index is -0.769. The molecule has 128 valence electrons. The fourth-order valence-corrected chi connectivity index (χ4v) is 2.62. The second kappa shape index (κ2) is 7.13. The molecule has 0 aliphatic heterocycles. The molecular weight excluding hydrogens is 365 g/mol. The summed E-state index contributed by atoms with van der Waals surface area (Å²) in [6.45, 7) is 1.61. The van der Waals surface area contributed by atoms with Crippen LogP contribution in [0.1, 0.15) is 29.3 Å². The zero-order valence-electron chi connectivity index (χ0n) is 13.1. The lowest BCUT2D eigenvalue weighted by Crippen LogP contribution is -2.12. The first-order valence-electron chi connectivity index (χ1n) is 7.30. The maximum Gasteiger partial charge on any atom is 0.341 e. The second-order valence-corrected chi connectivity index (χ2v) is 6.05. The highest BCUT2D eigenvalue weighted by atomic mass is 35.5. The first-order valence-corrected chi connectivity index (χ1v) is 8.05. The number of hydrogen-bond acceptors (Lipinski definition) is 6. The van der Waals surface area contributed by atoms with E-state index in [1.54, 1.807) is 6.92 Å². The predicted molar refractivity (Wildman–Crippen MR) is 94.4 cm³/mol. The Hall–Kier alpha value is -2.57. The third-order valence-corrected chi connectivity index (χ3v) is 3.94. The van der Waals surface area contributed by atoms with Gasteiger partial charge >= 0.3 is 5.97 Å². The molecule has 3 rings (SSSR count). The molecular formula is C17H13Cl2N3O3. The molecule has 6 nitrogen and oxygen atoms in total. The average molecular weight is 378 g/mol. The van der Waals surface area contributed by atoms with Crippen molar-refractivity contribution in [2.24, 2.45) is 0 Å². The van der Waals surface area contributed by atoms with Crippen LogP contribution < -0.4 is 5.73 Å². The molecule has 0 aliphatic rings. The SMILES string of the molecule is C[C@@H](OC(=O)c1cc(Cl)cc(Cl)c1N)c1nnc(-c2ccccc2)o1. The van der Waals surface area contributed by atoms with Gasteiger partial charge in [0.25, 0.3) is 5.89 Å². The van der Waals surface area contributed by atoms with Crippen molar-refractivity contribution in [1.29, 1.82) is 0 Å². The standard InChI is InChI=1S/C17H13Cl2N3O3/c1-9(15-21-22-16(25-15)10-5-3-2-4-6-10)24-17(23)12-7-11(18)8-13(19)14(12)20/h2-9H,20H2,1H3/t9-/m1/s1. The molecule has 3 aromatic rings. The molecule has 0 saturated heterocycles. The van der Waals surface area contributed by atoms with E-state index >= 15 is 0 Å². The first-order chi connectivity index (χ1) is 12.0. The van der Waals surface area contributed by atoms with E-state index in [0.717, 1.165) is 5.56 Å². The van der Waals surface area contributed by atoms with Crippen LogP contribution in [0.15, 0.2) is 46.9 Å². The van der Waals surface area contributed by atoms with Crippen molar-refractivity contribution >= 4 is 34.9 Å². The van der Waals surface area contributed by atoms with Crippen LogP contribution in [0.3, 0.4) is 0 Å². The van der Waals surface area contributed by atoms with Gasteiger partial charge in [0, 0.05) is 10.6 Å². The Labute approximate surface area is 153 Å². The molecule has 0 amide bonds. The van der Waals surface area contributed by atoms with Crippen molar-refractivity contribution in [3.63, 3.8) is 0 Å². The fraction of sp³-hybridized carbons (Fsp3) is 0.118.